The maximum atomic E-state index is 12.7. The van der Waals surface area contributed by atoms with Gasteiger partial charge in [0, 0.05) is 12.8 Å². The zero-order valence-electron chi connectivity index (χ0n) is 38.1. The van der Waals surface area contributed by atoms with Crippen molar-refractivity contribution in [2.45, 2.75) is 173 Å². The lowest BCUT2D eigenvalue weighted by atomic mass is 10.0. The fourth-order valence-electron chi connectivity index (χ4n) is 5.66. The average molecular weight is 866 g/mol. The molecule has 2 N–H and O–H groups in total. The lowest BCUT2D eigenvalue weighted by Gasteiger charge is -2.28. The maximum Gasteiger partial charge on any atom is 0.306 e. The van der Waals surface area contributed by atoms with E-state index in [2.05, 4.69) is 68.5 Å². The van der Waals surface area contributed by atoms with Crippen molar-refractivity contribution in [2.75, 3.05) is 47.5 Å². The van der Waals surface area contributed by atoms with E-state index in [0.29, 0.717) is 36.7 Å². The van der Waals surface area contributed by atoms with Crippen molar-refractivity contribution < 1.29 is 52.3 Å². The van der Waals surface area contributed by atoms with Crippen LogP contribution in [0.5, 0.6) is 0 Å². The molecule has 0 aliphatic heterocycles. The summed E-state index contributed by atoms with van der Waals surface area (Å²) in [4.78, 5) is 37.6. The Morgan fingerprint density at radius 1 is 0.600 bits per heavy atom. The van der Waals surface area contributed by atoms with Gasteiger partial charge in [-0.15, -0.1) is 0 Å². The number of hydrogen-bond acceptors (Lipinski definition) is 10. The first-order valence-electron chi connectivity index (χ1n) is 22.8. The molecule has 0 bridgehead atoms. The number of likely N-dealkylation sites (N-methyl/N-ethyl adjacent to an activating group) is 1. The first-order chi connectivity index (χ1) is 28.8. The molecule has 4 atom stereocenters. The second-order valence-electron chi connectivity index (χ2n) is 16.4. The summed E-state index contributed by atoms with van der Waals surface area (Å²) < 4.78 is 33.7. The topological polar surface area (TPSA) is 152 Å². The Balaban J connectivity index is 4.60. The zero-order valence-corrected chi connectivity index (χ0v) is 39.0. The number of aliphatic hydroxyl groups is 2. The third kappa shape index (κ3) is 40.8. The fraction of sp³-hybridized carbons (Fsp3) is 0.708. The minimum Gasteiger partial charge on any atom is -0.756 e. The number of aliphatic hydroxyl groups excluding tert-OH is 2. The van der Waals surface area contributed by atoms with E-state index in [1.165, 1.54) is 38.5 Å². The van der Waals surface area contributed by atoms with Gasteiger partial charge in [-0.05, 0) is 77.0 Å². The lowest BCUT2D eigenvalue weighted by molar-refractivity contribution is -0.870. The summed E-state index contributed by atoms with van der Waals surface area (Å²) in [5.74, 6) is -1.05. The number of carbonyl (C=O) groups excluding carboxylic acids is 2. The van der Waals surface area contributed by atoms with Crippen LogP contribution in [0.2, 0.25) is 0 Å². The molecular weight excluding hydrogens is 781 g/mol. The molecule has 0 aromatic carbocycles. The smallest absolute Gasteiger partial charge is 0.306 e. The molecule has 0 saturated heterocycles. The van der Waals surface area contributed by atoms with Crippen LogP contribution in [0.3, 0.4) is 0 Å². The molecule has 0 aliphatic carbocycles. The average Bonchev–Trinajstić information content (AvgIpc) is 3.19. The van der Waals surface area contributed by atoms with Crippen LogP contribution in [0.4, 0.5) is 0 Å². The van der Waals surface area contributed by atoms with E-state index >= 15 is 0 Å². The number of ether oxygens (including phenoxy) is 2. The largest absolute Gasteiger partial charge is 0.756 e. The highest BCUT2D eigenvalue weighted by Gasteiger charge is 2.22. The molecular formula is C48H84NO10P. The number of nitrogens with zero attached hydrogens (tertiary/aromatic N) is 1. The van der Waals surface area contributed by atoms with Crippen molar-refractivity contribution in [3.8, 4) is 0 Å². The summed E-state index contributed by atoms with van der Waals surface area (Å²) in [5.41, 5.74) is 0. The number of quaternary nitrogens is 1. The summed E-state index contributed by atoms with van der Waals surface area (Å²) in [6, 6.07) is 0. The van der Waals surface area contributed by atoms with Crippen LogP contribution in [0.25, 0.3) is 0 Å². The number of phosphoric acid groups is 1. The molecule has 0 spiro atoms. The van der Waals surface area contributed by atoms with Gasteiger partial charge in [0.25, 0.3) is 7.82 Å². The highest BCUT2D eigenvalue weighted by Crippen LogP contribution is 2.38. The molecule has 0 fully saturated rings. The van der Waals surface area contributed by atoms with Crippen molar-refractivity contribution >= 4 is 19.8 Å². The highest BCUT2D eigenvalue weighted by molar-refractivity contribution is 7.45. The van der Waals surface area contributed by atoms with E-state index in [9.17, 15) is 29.3 Å². The van der Waals surface area contributed by atoms with Crippen molar-refractivity contribution in [2.24, 2.45) is 0 Å². The molecule has 0 aliphatic rings. The minimum atomic E-state index is -4.69. The predicted molar refractivity (Wildman–Crippen MR) is 243 cm³/mol. The molecule has 0 saturated carbocycles. The number of rotatable bonds is 40. The van der Waals surface area contributed by atoms with Crippen molar-refractivity contribution in [1.82, 2.24) is 0 Å². The summed E-state index contributed by atoms with van der Waals surface area (Å²) in [7, 11) is 1.02. The summed E-state index contributed by atoms with van der Waals surface area (Å²) in [5, 5.41) is 20.5. The first kappa shape index (κ1) is 57.4. The van der Waals surface area contributed by atoms with Gasteiger partial charge in [-0.2, -0.15) is 0 Å². The molecule has 0 radical (unpaired) electrons. The van der Waals surface area contributed by atoms with Crippen LogP contribution < -0.4 is 4.89 Å². The van der Waals surface area contributed by atoms with E-state index in [1.54, 1.807) is 0 Å². The van der Waals surface area contributed by atoms with Crippen molar-refractivity contribution in [3.05, 3.63) is 72.9 Å². The molecule has 1 unspecified atom stereocenters. The third-order valence-corrected chi connectivity index (χ3v) is 10.4. The fourth-order valence-corrected chi connectivity index (χ4v) is 6.39. The zero-order chi connectivity index (χ0) is 44.6. The van der Waals surface area contributed by atoms with Crippen LogP contribution in [-0.4, -0.2) is 92.5 Å². The van der Waals surface area contributed by atoms with Crippen LogP contribution >= 0.6 is 7.82 Å². The molecule has 0 amide bonds. The summed E-state index contributed by atoms with van der Waals surface area (Å²) in [6.45, 7) is 3.86. The van der Waals surface area contributed by atoms with Crippen LogP contribution in [0, 0.1) is 0 Å². The van der Waals surface area contributed by atoms with Gasteiger partial charge in [-0.3, -0.25) is 14.2 Å². The quantitative estimate of drug-likeness (QED) is 0.0200. The number of allylic oxidation sites excluding steroid dienone is 11. The van der Waals surface area contributed by atoms with Crippen molar-refractivity contribution in [3.63, 3.8) is 0 Å². The Labute approximate surface area is 364 Å². The number of hydrogen-bond donors (Lipinski definition) is 2. The van der Waals surface area contributed by atoms with Crippen LogP contribution in [0.1, 0.15) is 155 Å². The third-order valence-electron chi connectivity index (χ3n) is 9.41. The van der Waals surface area contributed by atoms with Crippen molar-refractivity contribution in [1.29, 1.82) is 0 Å². The molecule has 12 heteroatoms. The maximum absolute atomic E-state index is 12.7. The normalized spacial score (nSPS) is 15.3. The van der Waals surface area contributed by atoms with Gasteiger partial charge in [0.1, 0.15) is 19.8 Å². The predicted octanol–water partition coefficient (Wildman–Crippen LogP) is 10.3. The summed E-state index contributed by atoms with van der Waals surface area (Å²) >= 11 is 0. The molecule has 0 heterocycles. The van der Waals surface area contributed by atoms with Crippen LogP contribution in [-0.2, 0) is 32.7 Å². The Kier molecular flexibility index (Phi) is 37.5. The van der Waals surface area contributed by atoms with Gasteiger partial charge in [-0.1, -0.05) is 138 Å². The van der Waals surface area contributed by atoms with Gasteiger partial charge in [0.05, 0.1) is 40.0 Å². The molecule has 0 rings (SSSR count). The second-order valence-corrected chi connectivity index (χ2v) is 17.8. The monoisotopic (exact) mass is 866 g/mol. The Morgan fingerprint density at radius 2 is 1.12 bits per heavy atom. The number of esters is 2. The molecule has 0 aromatic heterocycles. The number of phosphoric ester groups is 1. The molecule has 0 aromatic rings. The lowest BCUT2D eigenvalue weighted by Crippen LogP contribution is -2.37. The van der Waals surface area contributed by atoms with Crippen LogP contribution in [0.15, 0.2) is 72.9 Å². The van der Waals surface area contributed by atoms with E-state index in [1.807, 2.05) is 39.4 Å². The van der Waals surface area contributed by atoms with E-state index in [0.717, 1.165) is 64.2 Å². The number of carbonyl (C=O) groups is 2. The SMILES string of the molecule is CCCCC/C=C\C/C=C\C/C=C\C/C=C\C/C=C\CCC(=O)O[C@H](COC(=O)CCCCCCC[C@@H](O)[C@H](O)C/C=C\CCCCC)COP(=O)([O-])OCC[N+](C)(C)C. The minimum absolute atomic E-state index is 0.0662. The van der Waals surface area contributed by atoms with E-state index < -0.39 is 44.7 Å². The Morgan fingerprint density at radius 3 is 1.68 bits per heavy atom. The standard InChI is InChI=1S/C48H84NO10P/c1-6-8-10-12-14-15-16-17-18-19-20-21-22-23-24-25-26-30-35-39-48(53)59-44(43-58-60(54,55)57-41-40-49(3,4)5)42-56-47(52)38-34-31-27-29-33-37-46(51)45(50)36-32-28-13-11-9-7-2/h14-15,17-18,20-21,23-24,26,28,30,32,44-46,50-51H,6-13,16,19,22,25,27,29,31,33-43H2,1-5H3/b15-14-,18-17-,21-20-,24-23-,30-26-,32-28-/t44-,45-,46-/m1/s1. The van der Waals surface area contributed by atoms with Gasteiger partial charge in [0.15, 0.2) is 6.10 Å². The van der Waals surface area contributed by atoms with E-state index in [-0.39, 0.29) is 26.1 Å². The molecule has 346 valence electrons. The van der Waals surface area contributed by atoms with Gasteiger partial charge >= 0.3 is 11.9 Å². The molecule has 60 heavy (non-hydrogen) atoms. The Hall–Kier alpha value is -2.63. The Bertz CT molecular complexity index is 1290. The van der Waals surface area contributed by atoms with Gasteiger partial charge in [0.2, 0.25) is 0 Å². The van der Waals surface area contributed by atoms with Gasteiger partial charge < -0.3 is 38.1 Å². The summed E-state index contributed by atoms with van der Waals surface area (Å²) in [6.07, 6.45) is 41.1. The highest BCUT2D eigenvalue weighted by atomic mass is 31.2. The van der Waals surface area contributed by atoms with Gasteiger partial charge in [-0.25, -0.2) is 0 Å². The van der Waals surface area contributed by atoms with E-state index in [4.69, 9.17) is 18.5 Å². The number of unbranched alkanes of at least 4 members (excludes halogenated alkanes) is 10. The first-order valence-corrected chi connectivity index (χ1v) is 24.3. The molecule has 11 nitrogen and oxygen atoms in total. The second kappa shape index (κ2) is 39.2.